The maximum atomic E-state index is 9.75. The van der Waals surface area contributed by atoms with Gasteiger partial charge in [0.25, 0.3) is 0 Å². The molecular formula is C18H22N4O2. The monoisotopic (exact) mass is 326 g/mol. The van der Waals surface area contributed by atoms with Gasteiger partial charge < -0.3 is 9.84 Å². The Hall–Kier alpha value is -2.36. The molecule has 1 aromatic carbocycles. The lowest BCUT2D eigenvalue weighted by Gasteiger charge is -2.18. The molecule has 3 rings (SSSR count). The summed E-state index contributed by atoms with van der Waals surface area (Å²) in [6.45, 7) is 2.53. The first-order chi connectivity index (χ1) is 11.6. The summed E-state index contributed by atoms with van der Waals surface area (Å²) in [5.74, 6) is 1.26. The fraction of sp³-hybridized carbons (Fsp3) is 0.444. The van der Waals surface area contributed by atoms with Crippen LogP contribution in [0.1, 0.15) is 22.6 Å². The van der Waals surface area contributed by atoms with Gasteiger partial charge in [0, 0.05) is 56.9 Å². The average Bonchev–Trinajstić information content (AvgIpc) is 3.20. The third-order valence-corrected chi connectivity index (χ3v) is 4.71. The van der Waals surface area contributed by atoms with Crippen LogP contribution in [-0.4, -0.2) is 46.6 Å². The van der Waals surface area contributed by atoms with Crippen LogP contribution < -0.4 is 4.74 Å². The molecule has 1 aliphatic rings. The highest BCUT2D eigenvalue weighted by Gasteiger charge is 2.34. The molecule has 2 heterocycles. The van der Waals surface area contributed by atoms with Crippen molar-refractivity contribution in [2.24, 2.45) is 13.0 Å². The number of hydrogen-bond donors (Lipinski definition) is 1. The third kappa shape index (κ3) is 3.28. The molecule has 6 heteroatoms. The van der Waals surface area contributed by atoms with Gasteiger partial charge in [0.05, 0.1) is 24.9 Å². The van der Waals surface area contributed by atoms with E-state index in [1.54, 1.807) is 17.9 Å². The average molecular weight is 326 g/mol. The predicted molar refractivity (Wildman–Crippen MR) is 89.5 cm³/mol. The number of nitriles is 1. The second-order valence-corrected chi connectivity index (χ2v) is 6.33. The van der Waals surface area contributed by atoms with Crippen LogP contribution in [0.4, 0.5) is 0 Å². The van der Waals surface area contributed by atoms with E-state index in [0.29, 0.717) is 12.1 Å². The van der Waals surface area contributed by atoms with E-state index < -0.39 is 0 Å². The first-order valence-electron chi connectivity index (χ1n) is 8.03. The minimum Gasteiger partial charge on any atom is -0.496 e. The van der Waals surface area contributed by atoms with Crippen LogP contribution in [0.2, 0.25) is 0 Å². The number of nitrogens with zero attached hydrogens (tertiary/aromatic N) is 4. The van der Waals surface area contributed by atoms with Gasteiger partial charge in [-0.15, -0.1) is 0 Å². The Balaban J connectivity index is 1.78. The number of aryl methyl sites for hydroxylation is 1. The van der Waals surface area contributed by atoms with E-state index in [9.17, 15) is 5.11 Å². The van der Waals surface area contributed by atoms with Crippen molar-refractivity contribution in [3.05, 3.63) is 47.3 Å². The molecular weight excluding hydrogens is 304 g/mol. The topological polar surface area (TPSA) is 74.3 Å². The molecule has 1 aliphatic heterocycles. The van der Waals surface area contributed by atoms with Gasteiger partial charge in [0.15, 0.2) is 0 Å². The molecule has 1 saturated heterocycles. The van der Waals surface area contributed by atoms with Crippen molar-refractivity contribution in [2.45, 2.75) is 12.5 Å². The van der Waals surface area contributed by atoms with Gasteiger partial charge in [-0.05, 0) is 23.8 Å². The second kappa shape index (κ2) is 7.04. The van der Waals surface area contributed by atoms with Gasteiger partial charge in [-0.25, -0.2) is 0 Å². The Labute approximate surface area is 141 Å². The Morgan fingerprint density at radius 1 is 1.42 bits per heavy atom. The van der Waals surface area contributed by atoms with Gasteiger partial charge in [0.1, 0.15) is 5.75 Å². The predicted octanol–water partition coefficient (Wildman–Crippen LogP) is 1.51. The summed E-state index contributed by atoms with van der Waals surface area (Å²) in [5, 5.41) is 23.1. The lowest BCUT2D eigenvalue weighted by Crippen LogP contribution is -2.21. The highest BCUT2D eigenvalue weighted by molar-refractivity contribution is 5.42. The first-order valence-corrected chi connectivity index (χ1v) is 8.03. The highest BCUT2D eigenvalue weighted by Crippen LogP contribution is 2.34. The van der Waals surface area contributed by atoms with E-state index in [1.165, 1.54) is 0 Å². The standard InChI is InChI=1S/C18H22N4O2/c1-21-8-15(7-20-21)17-11-22(10-16(17)12-23)9-14-5-13(6-19)3-4-18(14)24-2/h3-5,7-8,16-17,23H,9-12H2,1-2H3/t16-,17-/m0/s1. The van der Waals surface area contributed by atoms with Gasteiger partial charge in [-0.2, -0.15) is 10.4 Å². The summed E-state index contributed by atoms with van der Waals surface area (Å²) < 4.78 is 7.22. The summed E-state index contributed by atoms with van der Waals surface area (Å²) in [4.78, 5) is 2.30. The molecule has 6 nitrogen and oxygen atoms in total. The van der Waals surface area contributed by atoms with E-state index in [4.69, 9.17) is 10.00 Å². The van der Waals surface area contributed by atoms with Crippen LogP contribution >= 0.6 is 0 Å². The number of methoxy groups -OCH3 is 1. The zero-order chi connectivity index (χ0) is 17.1. The van der Waals surface area contributed by atoms with Crippen LogP contribution in [0.15, 0.2) is 30.6 Å². The summed E-state index contributed by atoms with van der Waals surface area (Å²) in [6.07, 6.45) is 3.90. The quantitative estimate of drug-likeness (QED) is 0.901. The molecule has 0 saturated carbocycles. The first kappa shape index (κ1) is 16.5. The zero-order valence-corrected chi connectivity index (χ0v) is 14.0. The van der Waals surface area contributed by atoms with E-state index in [1.807, 2.05) is 31.6 Å². The molecule has 24 heavy (non-hydrogen) atoms. The largest absolute Gasteiger partial charge is 0.496 e. The summed E-state index contributed by atoms with van der Waals surface area (Å²) in [7, 11) is 3.55. The minimum absolute atomic E-state index is 0.158. The molecule has 0 unspecified atom stereocenters. The maximum absolute atomic E-state index is 9.75. The SMILES string of the molecule is COc1ccc(C#N)cc1CN1C[C@@H](CO)[C@H](c2cnn(C)c2)C1. The van der Waals surface area contributed by atoms with Crippen molar-refractivity contribution in [3.63, 3.8) is 0 Å². The van der Waals surface area contributed by atoms with Crippen molar-refractivity contribution < 1.29 is 9.84 Å². The lowest BCUT2D eigenvalue weighted by molar-refractivity contribution is 0.213. The molecule has 1 N–H and O–H groups in total. The second-order valence-electron chi connectivity index (χ2n) is 6.33. The normalized spacial score (nSPS) is 20.9. The van der Waals surface area contributed by atoms with E-state index in [-0.39, 0.29) is 18.4 Å². The number of ether oxygens (including phenoxy) is 1. The molecule has 126 valence electrons. The van der Waals surface area contributed by atoms with Crippen molar-refractivity contribution in [3.8, 4) is 11.8 Å². The lowest BCUT2D eigenvalue weighted by atomic mass is 9.92. The summed E-state index contributed by atoms with van der Waals surface area (Å²) >= 11 is 0. The zero-order valence-electron chi connectivity index (χ0n) is 14.0. The van der Waals surface area contributed by atoms with Gasteiger partial charge >= 0.3 is 0 Å². The molecule has 2 aromatic rings. The number of hydrogen-bond acceptors (Lipinski definition) is 5. The minimum atomic E-state index is 0.158. The van der Waals surface area contributed by atoms with Crippen LogP contribution in [-0.2, 0) is 13.6 Å². The van der Waals surface area contributed by atoms with Gasteiger partial charge in [0.2, 0.25) is 0 Å². The number of benzene rings is 1. The van der Waals surface area contributed by atoms with Crippen LogP contribution in [0.25, 0.3) is 0 Å². The number of aliphatic hydroxyl groups excluding tert-OH is 1. The smallest absolute Gasteiger partial charge is 0.123 e. The highest BCUT2D eigenvalue weighted by atomic mass is 16.5. The Bertz CT molecular complexity index is 750. The van der Waals surface area contributed by atoms with E-state index in [2.05, 4.69) is 16.1 Å². The van der Waals surface area contributed by atoms with Crippen molar-refractivity contribution >= 4 is 0 Å². The molecule has 2 atom stereocenters. The number of aliphatic hydroxyl groups is 1. The molecule has 0 amide bonds. The van der Waals surface area contributed by atoms with Crippen LogP contribution in [0, 0.1) is 17.2 Å². The van der Waals surface area contributed by atoms with E-state index in [0.717, 1.165) is 30.0 Å². The van der Waals surface area contributed by atoms with E-state index >= 15 is 0 Å². The fourth-order valence-corrected chi connectivity index (χ4v) is 3.50. The molecule has 0 spiro atoms. The van der Waals surface area contributed by atoms with Gasteiger partial charge in [-0.3, -0.25) is 9.58 Å². The maximum Gasteiger partial charge on any atom is 0.123 e. The molecule has 1 fully saturated rings. The molecule has 0 radical (unpaired) electrons. The molecule has 1 aromatic heterocycles. The van der Waals surface area contributed by atoms with Crippen molar-refractivity contribution in [2.75, 3.05) is 26.8 Å². The number of aromatic nitrogens is 2. The molecule has 0 bridgehead atoms. The molecule has 0 aliphatic carbocycles. The van der Waals surface area contributed by atoms with Crippen molar-refractivity contribution in [1.29, 1.82) is 5.26 Å². The van der Waals surface area contributed by atoms with Crippen molar-refractivity contribution in [1.82, 2.24) is 14.7 Å². The van der Waals surface area contributed by atoms with Crippen LogP contribution in [0.5, 0.6) is 5.75 Å². The summed E-state index contributed by atoms with van der Waals surface area (Å²) in [6, 6.07) is 7.66. The number of likely N-dealkylation sites (tertiary alicyclic amines) is 1. The Kier molecular flexibility index (Phi) is 4.84. The third-order valence-electron chi connectivity index (χ3n) is 4.71. The number of rotatable bonds is 5. The fourth-order valence-electron chi connectivity index (χ4n) is 3.50. The Morgan fingerprint density at radius 2 is 2.25 bits per heavy atom. The Morgan fingerprint density at radius 3 is 2.88 bits per heavy atom. The summed E-state index contributed by atoms with van der Waals surface area (Å²) in [5.41, 5.74) is 2.80. The van der Waals surface area contributed by atoms with Gasteiger partial charge in [-0.1, -0.05) is 0 Å². The van der Waals surface area contributed by atoms with Crippen LogP contribution in [0.3, 0.4) is 0 Å².